The Bertz CT molecular complexity index is 1520. The van der Waals surface area contributed by atoms with E-state index in [9.17, 15) is 0 Å². The van der Waals surface area contributed by atoms with Crippen LogP contribution < -0.4 is 4.90 Å². The standard InChI is InChI=1S/C36H37NS/c1-4-10-26(11-5-1)28-16-19-31(20-17-28)37(30-14-8-3-9-15-30)32-21-23-34-33-22-18-29(27-12-6-2-7-13-27)24-35(33)38-36(34)25-32/h3,8-9,14-27H,1-2,4-7,10-13H2. The molecule has 4 aromatic carbocycles. The second-order valence-corrected chi connectivity index (χ2v) is 12.6. The first-order chi connectivity index (χ1) is 18.8. The molecule has 1 nitrogen and oxygen atoms in total. The maximum atomic E-state index is 2.49. The molecule has 2 heteroatoms. The van der Waals surface area contributed by atoms with Gasteiger partial charge >= 0.3 is 0 Å². The van der Waals surface area contributed by atoms with Crippen molar-refractivity contribution < 1.29 is 0 Å². The lowest BCUT2D eigenvalue weighted by atomic mass is 9.84. The molecule has 1 heterocycles. The van der Waals surface area contributed by atoms with E-state index >= 15 is 0 Å². The SMILES string of the molecule is c1ccc(N(c2ccc(C3CCCCC3)cc2)c2ccc3c(c2)sc2cc(C4CCCCC4)ccc23)cc1. The van der Waals surface area contributed by atoms with Crippen LogP contribution in [-0.4, -0.2) is 0 Å². The second-order valence-electron chi connectivity index (χ2n) is 11.5. The van der Waals surface area contributed by atoms with Gasteiger partial charge in [0.25, 0.3) is 0 Å². The van der Waals surface area contributed by atoms with Crippen LogP contribution in [0.4, 0.5) is 17.1 Å². The molecule has 0 aliphatic heterocycles. The zero-order valence-corrected chi connectivity index (χ0v) is 23.1. The van der Waals surface area contributed by atoms with Crippen LogP contribution in [0.25, 0.3) is 20.2 Å². The van der Waals surface area contributed by atoms with Gasteiger partial charge in [0, 0.05) is 37.2 Å². The molecule has 1 aromatic heterocycles. The summed E-state index contributed by atoms with van der Waals surface area (Å²) in [5.74, 6) is 1.48. The number of thiophene rings is 1. The Labute approximate surface area is 231 Å². The van der Waals surface area contributed by atoms with E-state index in [4.69, 9.17) is 0 Å². The highest BCUT2D eigenvalue weighted by atomic mass is 32.1. The molecule has 192 valence electrons. The van der Waals surface area contributed by atoms with Gasteiger partial charge < -0.3 is 4.90 Å². The van der Waals surface area contributed by atoms with E-state index < -0.39 is 0 Å². The Balaban J connectivity index is 1.26. The average molecular weight is 516 g/mol. The molecule has 38 heavy (non-hydrogen) atoms. The van der Waals surface area contributed by atoms with E-state index in [0.29, 0.717) is 0 Å². The number of anilines is 3. The number of fused-ring (bicyclic) bond motifs is 3. The van der Waals surface area contributed by atoms with Gasteiger partial charge in [-0.05, 0) is 91.1 Å². The van der Waals surface area contributed by atoms with Crippen LogP contribution in [0.2, 0.25) is 0 Å². The molecule has 2 fully saturated rings. The normalized spacial score (nSPS) is 17.3. The molecule has 0 saturated heterocycles. The summed E-state index contributed by atoms with van der Waals surface area (Å²) in [6.45, 7) is 0. The number of rotatable bonds is 5. The number of benzene rings is 4. The molecule has 2 aliphatic carbocycles. The molecular formula is C36H37NS. The quantitative estimate of drug-likeness (QED) is 0.225. The maximum absolute atomic E-state index is 2.49. The lowest BCUT2D eigenvalue weighted by molar-refractivity contribution is 0.443. The zero-order chi connectivity index (χ0) is 25.3. The summed E-state index contributed by atoms with van der Waals surface area (Å²) in [6.07, 6.45) is 13.7. The molecule has 0 radical (unpaired) electrons. The molecule has 5 aromatic rings. The monoisotopic (exact) mass is 515 g/mol. The Morgan fingerprint density at radius 2 is 1.00 bits per heavy atom. The molecular weight excluding hydrogens is 478 g/mol. The summed E-state index contributed by atoms with van der Waals surface area (Å²) in [6, 6.07) is 34.6. The first-order valence-electron chi connectivity index (χ1n) is 14.7. The van der Waals surface area contributed by atoms with Gasteiger partial charge in [0.15, 0.2) is 0 Å². The third-order valence-electron chi connectivity index (χ3n) is 9.06. The van der Waals surface area contributed by atoms with Crippen LogP contribution in [0.3, 0.4) is 0 Å². The van der Waals surface area contributed by atoms with E-state index in [0.717, 1.165) is 11.8 Å². The molecule has 2 saturated carbocycles. The van der Waals surface area contributed by atoms with E-state index in [2.05, 4.69) is 95.9 Å². The number of para-hydroxylation sites is 1. The highest BCUT2D eigenvalue weighted by molar-refractivity contribution is 7.25. The minimum atomic E-state index is 0.733. The predicted molar refractivity (Wildman–Crippen MR) is 166 cm³/mol. The minimum absolute atomic E-state index is 0.733. The van der Waals surface area contributed by atoms with Crippen molar-refractivity contribution in [3.05, 3.63) is 102 Å². The third kappa shape index (κ3) is 4.64. The summed E-state index contributed by atoms with van der Waals surface area (Å²) >= 11 is 1.96. The summed E-state index contributed by atoms with van der Waals surface area (Å²) < 4.78 is 2.81. The average Bonchev–Trinajstić information content (AvgIpc) is 3.36. The third-order valence-corrected chi connectivity index (χ3v) is 10.2. The smallest absolute Gasteiger partial charge is 0.0476 e. The van der Waals surface area contributed by atoms with Crippen molar-refractivity contribution in [2.24, 2.45) is 0 Å². The van der Waals surface area contributed by atoms with Gasteiger partial charge in [-0.1, -0.05) is 87.1 Å². The van der Waals surface area contributed by atoms with Crippen LogP contribution in [0.1, 0.15) is 87.2 Å². The summed E-state index contributed by atoms with van der Waals surface area (Å²) in [5.41, 5.74) is 6.73. The Kier molecular flexibility index (Phi) is 6.67. The van der Waals surface area contributed by atoms with E-state index in [1.54, 1.807) is 5.56 Å². The van der Waals surface area contributed by atoms with Gasteiger partial charge in [-0.2, -0.15) is 0 Å². The van der Waals surface area contributed by atoms with Crippen molar-refractivity contribution in [1.29, 1.82) is 0 Å². The second kappa shape index (κ2) is 10.6. The van der Waals surface area contributed by atoms with Gasteiger partial charge in [0.2, 0.25) is 0 Å². The first kappa shape index (κ1) is 24.0. The van der Waals surface area contributed by atoms with Crippen molar-refractivity contribution in [2.75, 3.05) is 4.90 Å². The Morgan fingerprint density at radius 1 is 0.474 bits per heavy atom. The minimum Gasteiger partial charge on any atom is -0.310 e. The molecule has 0 unspecified atom stereocenters. The summed E-state index contributed by atoms with van der Waals surface area (Å²) in [7, 11) is 0. The molecule has 0 amide bonds. The fourth-order valence-corrected chi connectivity index (χ4v) is 8.15. The van der Waals surface area contributed by atoms with Crippen molar-refractivity contribution in [2.45, 2.75) is 76.0 Å². The molecule has 0 spiro atoms. The van der Waals surface area contributed by atoms with Crippen LogP contribution in [-0.2, 0) is 0 Å². The fourth-order valence-electron chi connectivity index (χ4n) is 6.97. The predicted octanol–water partition coefficient (Wildman–Crippen LogP) is 11.6. The molecule has 7 rings (SSSR count). The van der Waals surface area contributed by atoms with Crippen molar-refractivity contribution in [3.8, 4) is 0 Å². The number of nitrogens with zero attached hydrogens (tertiary/aromatic N) is 1. The van der Waals surface area contributed by atoms with E-state index in [1.807, 2.05) is 11.3 Å². The van der Waals surface area contributed by atoms with E-state index in [1.165, 1.54) is 107 Å². The number of hydrogen-bond acceptors (Lipinski definition) is 2. The number of hydrogen-bond donors (Lipinski definition) is 0. The van der Waals surface area contributed by atoms with Gasteiger partial charge in [0.1, 0.15) is 0 Å². The van der Waals surface area contributed by atoms with Gasteiger partial charge in [-0.25, -0.2) is 0 Å². The topological polar surface area (TPSA) is 3.24 Å². The maximum Gasteiger partial charge on any atom is 0.0476 e. The van der Waals surface area contributed by atoms with Crippen molar-refractivity contribution in [3.63, 3.8) is 0 Å². The highest BCUT2D eigenvalue weighted by Gasteiger charge is 2.19. The summed E-state index contributed by atoms with van der Waals surface area (Å²) in [5, 5.41) is 2.78. The zero-order valence-electron chi connectivity index (χ0n) is 22.2. The van der Waals surface area contributed by atoms with Gasteiger partial charge in [-0.3, -0.25) is 0 Å². The first-order valence-corrected chi connectivity index (χ1v) is 15.6. The van der Waals surface area contributed by atoms with Crippen molar-refractivity contribution >= 4 is 48.6 Å². The largest absolute Gasteiger partial charge is 0.310 e. The molecule has 2 aliphatic rings. The summed E-state index contributed by atoms with van der Waals surface area (Å²) in [4.78, 5) is 2.42. The Hall–Kier alpha value is -3.10. The van der Waals surface area contributed by atoms with Crippen LogP contribution in [0, 0.1) is 0 Å². The lowest BCUT2D eigenvalue weighted by Crippen LogP contribution is -2.10. The lowest BCUT2D eigenvalue weighted by Gasteiger charge is -2.27. The van der Waals surface area contributed by atoms with Crippen LogP contribution in [0.5, 0.6) is 0 Å². The van der Waals surface area contributed by atoms with Gasteiger partial charge in [-0.15, -0.1) is 11.3 Å². The molecule has 0 N–H and O–H groups in total. The van der Waals surface area contributed by atoms with Crippen LogP contribution >= 0.6 is 11.3 Å². The van der Waals surface area contributed by atoms with Crippen LogP contribution in [0.15, 0.2) is 91.0 Å². The van der Waals surface area contributed by atoms with Crippen molar-refractivity contribution in [1.82, 2.24) is 0 Å². The Morgan fingerprint density at radius 3 is 1.68 bits per heavy atom. The van der Waals surface area contributed by atoms with Gasteiger partial charge in [0.05, 0.1) is 0 Å². The van der Waals surface area contributed by atoms with E-state index in [-0.39, 0.29) is 0 Å². The molecule has 0 atom stereocenters. The highest BCUT2D eigenvalue weighted by Crippen LogP contribution is 2.43. The fraction of sp³-hybridized carbons (Fsp3) is 0.333. The molecule has 0 bridgehead atoms.